The van der Waals surface area contributed by atoms with Crippen molar-refractivity contribution < 1.29 is 4.79 Å². The fourth-order valence-electron chi connectivity index (χ4n) is 1.22. The van der Waals surface area contributed by atoms with E-state index in [4.69, 9.17) is 5.73 Å². The van der Waals surface area contributed by atoms with E-state index in [1.54, 1.807) is 0 Å². The van der Waals surface area contributed by atoms with Crippen LogP contribution in [0.25, 0.3) is 0 Å². The Kier molecular flexibility index (Phi) is 5.42. The monoisotopic (exact) mass is 241 g/mol. The second-order valence-corrected chi connectivity index (χ2v) is 4.87. The van der Waals surface area contributed by atoms with Gasteiger partial charge < -0.3 is 11.1 Å². The van der Waals surface area contributed by atoms with E-state index in [0.29, 0.717) is 24.7 Å². The molecule has 0 saturated heterocycles. The van der Waals surface area contributed by atoms with Crippen molar-refractivity contribution in [3.8, 4) is 0 Å². The first-order chi connectivity index (χ1) is 7.65. The Labute approximate surface area is 100 Å². The molecule has 1 amide bonds. The first kappa shape index (κ1) is 13.1. The summed E-state index contributed by atoms with van der Waals surface area (Å²) in [5, 5.41) is 5.66. The van der Waals surface area contributed by atoms with Crippen LogP contribution in [0.1, 0.15) is 48.1 Å². The third kappa shape index (κ3) is 3.90. The van der Waals surface area contributed by atoms with Crippen molar-refractivity contribution in [3.05, 3.63) is 16.1 Å². The van der Waals surface area contributed by atoms with E-state index in [1.807, 2.05) is 5.38 Å². The summed E-state index contributed by atoms with van der Waals surface area (Å²) in [4.78, 5) is 15.9. The van der Waals surface area contributed by atoms with Crippen molar-refractivity contribution in [1.29, 1.82) is 0 Å². The molecule has 0 radical (unpaired) electrons. The zero-order valence-electron chi connectivity index (χ0n) is 9.82. The van der Waals surface area contributed by atoms with E-state index in [9.17, 15) is 4.79 Å². The van der Waals surface area contributed by atoms with Gasteiger partial charge in [0.15, 0.2) is 0 Å². The van der Waals surface area contributed by atoms with Crippen molar-refractivity contribution in [1.82, 2.24) is 10.3 Å². The third-order valence-electron chi connectivity index (χ3n) is 2.16. The van der Waals surface area contributed by atoms with Crippen LogP contribution >= 0.6 is 11.3 Å². The molecule has 0 aromatic carbocycles. The minimum Gasteiger partial charge on any atom is -0.351 e. The Hall–Kier alpha value is -0.940. The van der Waals surface area contributed by atoms with Crippen LogP contribution in [0.4, 0.5) is 0 Å². The number of aromatic nitrogens is 1. The normalized spacial score (nSPS) is 10.8. The van der Waals surface area contributed by atoms with Gasteiger partial charge >= 0.3 is 0 Å². The molecule has 0 aliphatic heterocycles. The van der Waals surface area contributed by atoms with E-state index in [0.717, 1.165) is 17.8 Å². The number of thiazole rings is 1. The van der Waals surface area contributed by atoms with E-state index in [2.05, 4.69) is 24.1 Å². The van der Waals surface area contributed by atoms with Crippen LogP contribution in [-0.2, 0) is 0 Å². The summed E-state index contributed by atoms with van der Waals surface area (Å²) < 4.78 is 0. The Morgan fingerprint density at radius 2 is 2.31 bits per heavy atom. The number of nitrogens with one attached hydrogen (secondary N) is 1. The molecule has 0 aliphatic carbocycles. The van der Waals surface area contributed by atoms with Crippen LogP contribution in [0.3, 0.4) is 0 Å². The van der Waals surface area contributed by atoms with Crippen molar-refractivity contribution in [2.75, 3.05) is 13.1 Å². The van der Waals surface area contributed by atoms with E-state index in [-0.39, 0.29) is 5.91 Å². The average molecular weight is 241 g/mol. The van der Waals surface area contributed by atoms with Crippen molar-refractivity contribution in [2.45, 2.75) is 32.6 Å². The highest BCUT2D eigenvalue weighted by Crippen LogP contribution is 2.18. The number of nitrogens with two attached hydrogens (primary N) is 1. The average Bonchev–Trinajstić information content (AvgIpc) is 2.73. The van der Waals surface area contributed by atoms with Crippen LogP contribution < -0.4 is 11.1 Å². The van der Waals surface area contributed by atoms with Gasteiger partial charge in [-0.25, -0.2) is 4.98 Å². The number of hydrogen-bond donors (Lipinski definition) is 2. The van der Waals surface area contributed by atoms with Gasteiger partial charge in [0.2, 0.25) is 0 Å². The maximum atomic E-state index is 11.6. The highest BCUT2D eigenvalue weighted by molar-refractivity contribution is 7.09. The molecule has 5 heteroatoms. The number of amides is 1. The lowest BCUT2D eigenvalue weighted by Crippen LogP contribution is -2.25. The van der Waals surface area contributed by atoms with Crippen molar-refractivity contribution in [3.63, 3.8) is 0 Å². The lowest BCUT2D eigenvalue weighted by Gasteiger charge is -2.02. The molecule has 1 rings (SSSR count). The number of carbonyl (C=O) groups is 1. The molecule has 1 heterocycles. The van der Waals surface area contributed by atoms with Gasteiger partial charge in [0.05, 0.1) is 5.01 Å². The lowest BCUT2D eigenvalue weighted by atomic mass is 10.2. The molecule has 4 nitrogen and oxygen atoms in total. The van der Waals surface area contributed by atoms with Gasteiger partial charge in [0.25, 0.3) is 5.91 Å². The van der Waals surface area contributed by atoms with Crippen LogP contribution in [0.5, 0.6) is 0 Å². The van der Waals surface area contributed by atoms with Gasteiger partial charge in [-0.05, 0) is 19.4 Å². The molecule has 0 saturated carbocycles. The molecule has 3 N–H and O–H groups in total. The molecule has 0 bridgehead atoms. The number of rotatable bonds is 6. The molecule has 0 spiro atoms. The van der Waals surface area contributed by atoms with Gasteiger partial charge in [-0.15, -0.1) is 11.3 Å². The SMILES string of the molecule is CC(C)c1nc(C(=O)NCCCCN)cs1. The first-order valence-electron chi connectivity index (χ1n) is 5.59. The summed E-state index contributed by atoms with van der Waals surface area (Å²) in [6.45, 7) is 5.48. The number of carbonyl (C=O) groups excluding carboxylic acids is 1. The second kappa shape index (κ2) is 6.60. The molecular weight excluding hydrogens is 222 g/mol. The molecule has 1 aromatic rings. The lowest BCUT2D eigenvalue weighted by molar-refractivity contribution is 0.0948. The molecule has 90 valence electrons. The Balaban J connectivity index is 2.40. The van der Waals surface area contributed by atoms with Crippen LogP contribution in [-0.4, -0.2) is 24.0 Å². The van der Waals surface area contributed by atoms with Crippen LogP contribution in [0.2, 0.25) is 0 Å². The Morgan fingerprint density at radius 3 is 2.88 bits per heavy atom. The standard InChI is InChI=1S/C11H19N3OS/c1-8(2)11-14-9(7-16-11)10(15)13-6-4-3-5-12/h7-8H,3-6,12H2,1-2H3,(H,13,15). The van der Waals surface area contributed by atoms with Gasteiger partial charge in [-0.3, -0.25) is 4.79 Å². The number of nitrogens with zero attached hydrogens (tertiary/aromatic N) is 1. The third-order valence-corrected chi connectivity index (χ3v) is 3.31. The van der Waals surface area contributed by atoms with Gasteiger partial charge in [0.1, 0.15) is 5.69 Å². The van der Waals surface area contributed by atoms with Crippen LogP contribution in [0.15, 0.2) is 5.38 Å². The van der Waals surface area contributed by atoms with E-state index >= 15 is 0 Å². The summed E-state index contributed by atoms with van der Waals surface area (Å²) in [5.74, 6) is 0.295. The molecule has 0 aliphatic rings. The highest BCUT2D eigenvalue weighted by Gasteiger charge is 2.11. The van der Waals surface area contributed by atoms with Gasteiger partial charge in [0, 0.05) is 17.8 Å². The molecule has 0 fully saturated rings. The Bertz CT molecular complexity index is 336. The molecule has 0 atom stereocenters. The molecule has 16 heavy (non-hydrogen) atoms. The zero-order valence-corrected chi connectivity index (χ0v) is 10.6. The van der Waals surface area contributed by atoms with Crippen molar-refractivity contribution in [2.24, 2.45) is 5.73 Å². The highest BCUT2D eigenvalue weighted by atomic mass is 32.1. The van der Waals surface area contributed by atoms with E-state index < -0.39 is 0 Å². The van der Waals surface area contributed by atoms with Crippen LogP contribution in [0, 0.1) is 0 Å². The van der Waals surface area contributed by atoms with Gasteiger partial charge in [-0.1, -0.05) is 13.8 Å². The Morgan fingerprint density at radius 1 is 1.56 bits per heavy atom. The molecule has 0 unspecified atom stereocenters. The first-order valence-corrected chi connectivity index (χ1v) is 6.46. The topological polar surface area (TPSA) is 68.0 Å². The fraction of sp³-hybridized carbons (Fsp3) is 0.636. The minimum atomic E-state index is -0.0832. The summed E-state index contributed by atoms with van der Waals surface area (Å²) in [7, 11) is 0. The summed E-state index contributed by atoms with van der Waals surface area (Å²) in [6, 6.07) is 0. The van der Waals surface area contributed by atoms with E-state index in [1.165, 1.54) is 11.3 Å². The maximum absolute atomic E-state index is 11.6. The number of unbranched alkanes of at least 4 members (excludes halogenated alkanes) is 1. The largest absolute Gasteiger partial charge is 0.351 e. The summed E-state index contributed by atoms with van der Waals surface area (Å²) in [5.41, 5.74) is 5.90. The quantitative estimate of drug-likeness (QED) is 0.745. The molecule has 1 aromatic heterocycles. The zero-order chi connectivity index (χ0) is 12.0. The number of hydrogen-bond acceptors (Lipinski definition) is 4. The predicted molar refractivity (Wildman–Crippen MR) is 66.8 cm³/mol. The maximum Gasteiger partial charge on any atom is 0.270 e. The minimum absolute atomic E-state index is 0.0832. The fourth-order valence-corrected chi connectivity index (χ4v) is 2.03. The summed E-state index contributed by atoms with van der Waals surface area (Å²) in [6.07, 6.45) is 1.86. The predicted octanol–water partition coefficient (Wildman–Crippen LogP) is 1.74. The smallest absolute Gasteiger partial charge is 0.270 e. The molecular formula is C11H19N3OS. The second-order valence-electron chi connectivity index (χ2n) is 3.98. The van der Waals surface area contributed by atoms with Crippen molar-refractivity contribution >= 4 is 17.2 Å². The van der Waals surface area contributed by atoms with Gasteiger partial charge in [-0.2, -0.15) is 0 Å². The summed E-state index contributed by atoms with van der Waals surface area (Å²) >= 11 is 1.54.